The number of rotatable bonds is 2. The summed E-state index contributed by atoms with van der Waals surface area (Å²) in [7, 11) is 1.84. The largest absolute Gasteiger partial charge is 0.312 e. The number of hydrogen-bond acceptors (Lipinski definition) is 2. The Labute approximate surface area is 65.5 Å². The van der Waals surface area contributed by atoms with Crippen LogP contribution >= 0.6 is 0 Å². The smallest absolute Gasteiger partial charge is 0.141 e. The molecule has 0 fully saturated rings. The van der Waals surface area contributed by atoms with Crippen LogP contribution in [0.3, 0.4) is 0 Å². The number of aromatic nitrogens is 1. The van der Waals surface area contributed by atoms with Crippen LogP contribution in [0, 0.1) is 5.82 Å². The first-order valence-corrected chi connectivity index (χ1v) is 3.52. The van der Waals surface area contributed by atoms with E-state index in [0.29, 0.717) is 0 Å². The highest BCUT2D eigenvalue weighted by atomic mass is 19.1. The lowest BCUT2D eigenvalue weighted by atomic mass is 10.2. The molecule has 3 heteroatoms. The minimum absolute atomic E-state index is 0.176. The highest BCUT2D eigenvalue weighted by Gasteiger charge is 2.02. The van der Waals surface area contributed by atoms with E-state index >= 15 is 0 Å². The summed E-state index contributed by atoms with van der Waals surface area (Å²) in [5, 5.41) is 3.02. The van der Waals surface area contributed by atoms with Gasteiger partial charge in [-0.15, -0.1) is 0 Å². The Balaban J connectivity index is 2.81. The summed E-state index contributed by atoms with van der Waals surface area (Å²) in [6.45, 7) is 1.97. The van der Waals surface area contributed by atoms with Gasteiger partial charge in [-0.2, -0.15) is 0 Å². The fourth-order valence-electron chi connectivity index (χ4n) is 0.791. The Hall–Kier alpha value is -0.960. The van der Waals surface area contributed by atoms with Crippen molar-refractivity contribution in [2.75, 3.05) is 7.05 Å². The maximum atomic E-state index is 12.4. The van der Waals surface area contributed by atoms with Crippen LogP contribution < -0.4 is 5.32 Å². The summed E-state index contributed by atoms with van der Waals surface area (Å²) in [5.41, 5.74) is 0.855. The molecular formula is C8H11FN2. The van der Waals surface area contributed by atoms with Gasteiger partial charge >= 0.3 is 0 Å². The zero-order chi connectivity index (χ0) is 8.27. The summed E-state index contributed by atoms with van der Waals surface area (Å²) in [6.07, 6.45) is 1.23. The Bertz CT molecular complexity index is 220. The highest BCUT2D eigenvalue weighted by molar-refractivity contribution is 5.08. The SMILES string of the molecule is CN[C@H](C)c1ccc(F)cn1. The topological polar surface area (TPSA) is 24.9 Å². The fraction of sp³-hybridized carbons (Fsp3) is 0.375. The second kappa shape index (κ2) is 3.44. The first-order valence-electron chi connectivity index (χ1n) is 3.52. The lowest BCUT2D eigenvalue weighted by molar-refractivity contribution is 0.600. The molecule has 11 heavy (non-hydrogen) atoms. The van der Waals surface area contributed by atoms with Crippen LogP contribution in [0.1, 0.15) is 18.7 Å². The zero-order valence-electron chi connectivity index (χ0n) is 6.63. The molecule has 0 unspecified atom stereocenters. The van der Waals surface area contributed by atoms with Crippen molar-refractivity contribution in [2.24, 2.45) is 0 Å². The zero-order valence-corrected chi connectivity index (χ0v) is 6.63. The third kappa shape index (κ3) is 1.98. The van der Waals surface area contributed by atoms with Crippen molar-refractivity contribution in [3.8, 4) is 0 Å². The molecule has 0 aromatic carbocycles. The monoisotopic (exact) mass is 154 g/mol. The number of pyridine rings is 1. The summed E-state index contributed by atoms with van der Waals surface area (Å²) in [6, 6.07) is 3.27. The van der Waals surface area contributed by atoms with Crippen molar-refractivity contribution in [3.05, 3.63) is 29.8 Å². The molecule has 1 N–H and O–H groups in total. The Morgan fingerprint density at radius 2 is 2.27 bits per heavy atom. The van der Waals surface area contributed by atoms with Gasteiger partial charge in [0.05, 0.1) is 11.9 Å². The molecule has 1 aromatic heterocycles. The van der Waals surface area contributed by atoms with E-state index in [9.17, 15) is 4.39 Å². The van der Waals surface area contributed by atoms with Crippen LogP contribution in [-0.4, -0.2) is 12.0 Å². The predicted octanol–water partition coefficient (Wildman–Crippen LogP) is 1.50. The van der Waals surface area contributed by atoms with Crippen molar-refractivity contribution in [3.63, 3.8) is 0 Å². The van der Waals surface area contributed by atoms with Gasteiger partial charge in [0.2, 0.25) is 0 Å². The van der Waals surface area contributed by atoms with Gasteiger partial charge in [0.25, 0.3) is 0 Å². The Morgan fingerprint density at radius 3 is 2.73 bits per heavy atom. The normalized spacial score (nSPS) is 13.0. The third-order valence-corrected chi connectivity index (χ3v) is 1.63. The van der Waals surface area contributed by atoms with Crippen molar-refractivity contribution < 1.29 is 4.39 Å². The molecule has 2 nitrogen and oxygen atoms in total. The predicted molar refractivity (Wildman–Crippen MR) is 41.7 cm³/mol. The van der Waals surface area contributed by atoms with E-state index in [1.807, 2.05) is 14.0 Å². The molecule has 0 aliphatic carbocycles. The molecule has 0 spiro atoms. The van der Waals surface area contributed by atoms with Crippen molar-refractivity contribution >= 4 is 0 Å². The number of hydrogen-bond donors (Lipinski definition) is 1. The summed E-state index contributed by atoms with van der Waals surface area (Å²) in [4.78, 5) is 3.91. The van der Waals surface area contributed by atoms with Gasteiger partial charge in [-0.1, -0.05) is 0 Å². The van der Waals surface area contributed by atoms with E-state index in [0.717, 1.165) is 5.69 Å². The summed E-state index contributed by atoms with van der Waals surface area (Å²) in [5.74, 6) is -0.294. The number of nitrogens with zero attached hydrogens (tertiary/aromatic N) is 1. The maximum Gasteiger partial charge on any atom is 0.141 e. The van der Waals surface area contributed by atoms with E-state index < -0.39 is 0 Å². The van der Waals surface area contributed by atoms with Gasteiger partial charge in [0, 0.05) is 6.04 Å². The molecule has 60 valence electrons. The van der Waals surface area contributed by atoms with Crippen LogP contribution in [0.5, 0.6) is 0 Å². The van der Waals surface area contributed by atoms with E-state index in [1.165, 1.54) is 12.3 Å². The third-order valence-electron chi connectivity index (χ3n) is 1.63. The van der Waals surface area contributed by atoms with E-state index in [4.69, 9.17) is 0 Å². The van der Waals surface area contributed by atoms with Crippen molar-refractivity contribution in [1.82, 2.24) is 10.3 Å². The van der Waals surface area contributed by atoms with Gasteiger partial charge in [0.1, 0.15) is 5.82 Å². The maximum absolute atomic E-state index is 12.4. The summed E-state index contributed by atoms with van der Waals surface area (Å²) >= 11 is 0. The van der Waals surface area contributed by atoms with E-state index in [-0.39, 0.29) is 11.9 Å². The van der Waals surface area contributed by atoms with Crippen LogP contribution in [0.2, 0.25) is 0 Å². The van der Waals surface area contributed by atoms with Crippen LogP contribution in [0.4, 0.5) is 4.39 Å². The molecule has 0 bridgehead atoms. The quantitative estimate of drug-likeness (QED) is 0.698. The fourth-order valence-corrected chi connectivity index (χ4v) is 0.791. The molecule has 0 saturated heterocycles. The standard InChI is InChI=1S/C8H11FN2/c1-6(10-2)8-4-3-7(9)5-11-8/h3-6,10H,1-2H3/t6-/m1/s1. The Morgan fingerprint density at radius 1 is 1.55 bits per heavy atom. The molecule has 1 heterocycles. The minimum Gasteiger partial charge on any atom is -0.312 e. The average molecular weight is 154 g/mol. The van der Waals surface area contributed by atoms with Gasteiger partial charge in [0.15, 0.2) is 0 Å². The van der Waals surface area contributed by atoms with Gasteiger partial charge in [-0.3, -0.25) is 4.98 Å². The molecule has 0 amide bonds. The molecule has 1 aromatic rings. The molecule has 0 radical (unpaired) electrons. The number of halogens is 1. The molecule has 1 atom stereocenters. The summed E-state index contributed by atoms with van der Waals surface area (Å²) < 4.78 is 12.4. The molecule has 0 saturated carbocycles. The van der Waals surface area contributed by atoms with Gasteiger partial charge in [-0.05, 0) is 26.1 Å². The van der Waals surface area contributed by atoms with E-state index in [2.05, 4.69) is 10.3 Å². The van der Waals surface area contributed by atoms with Crippen LogP contribution in [0.25, 0.3) is 0 Å². The lowest BCUT2D eigenvalue weighted by Gasteiger charge is -2.07. The lowest BCUT2D eigenvalue weighted by Crippen LogP contribution is -2.13. The van der Waals surface area contributed by atoms with Crippen molar-refractivity contribution in [2.45, 2.75) is 13.0 Å². The van der Waals surface area contributed by atoms with Crippen LogP contribution in [-0.2, 0) is 0 Å². The van der Waals surface area contributed by atoms with Crippen molar-refractivity contribution in [1.29, 1.82) is 0 Å². The minimum atomic E-state index is -0.294. The Kier molecular flexibility index (Phi) is 2.54. The highest BCUT2D eigenvalue weighted by Crippen LogP contribution is 2.07. The average Bonchev–Trinajstić information content (AvgIpc) is 2.05. The van der Waals surface area contributed by atoms with Crippen LogP contribution in [0.15, 0.2) is 18.3 Å². The molecule has 1 rings (SSSR count). The first kappa shape index (κ1) is 8.14. The first-order chi connectivity index (χ1) is 5.24. The number of nitrogens with one attached hydrogen (secondary N) is 1. The van der Waals surface area contributed by atoms with E-state index in [1.54, 1.807) is 6.07 Å². The second-order valence-electron chi connectivity index (χ2n) is 2.41. The van der Waals surface area contributed by atoms with Gasteiger partial charge in [-0.25, -0.2) is 4.39 Å². The van der Waals surface area contributed by atoms with Gasteiger partial charge < -0.3 is 5.32 Å². The molecular weight excluding hydrogens is 143 g/mol. The second-order valence-corrected chi connectivity index (χ2v) is 2.41. The molecule has 0 aliphatic rings. The molecule has 0 aliphatic heterocycles.